The molecule has 129 heavy (non-hydrogen) atoms. The molecule has 0 bridgehead atoms. The van der Waals surface area contributed by atoms with Gasteiger partial charge in [-0.15, -0.1) is 0 Å². The van der Waals surface area contributed by atoms with E-state index in [1.807, 2.05) is 57.7 Å². The van der Waals surface area contributed by atoms with Crippen LogP contribution in [-0.2, 0) is 44.4 Å². The van der Waals surface area contributed by atoms with Crippen LogP contribution in [0, 0.1) is 11.6 Å². The number of aryl methyl sites for hydroxylation is 2. The second-order valence-corrected chi connectivity index (χ2v) is 33.1. The van der Waals surface area contributed by atoms with Crippen molar-refractivity contribution in [2.45, 2.75) is 179 Å². The average molecular weight is 1790 g/mol. The normalized spacial score (nSPS) is 19.0. The van der Waals surface area contributed by atoms with E-state index in [1.54, 1.807) is 54.6 Å². The van der Waals surface area contributed by atoms with Crippen LogP contribution in [0.2, 0.25) is 0 Å². The fraction of sp³-hybridized carbons (Fsp3) is 0.376. The number of hydrogen-bond donors (Lipinski definition) is 8. The SMILES string of the molecule is C[C@@H]1CN(c2ccc(-c3ccc(C(=O)CCCCCCCc4cccc5c4C(=O)N(C4CCC(=O)NC4=O)C5=O)cc3F)cc2NC(=O)c2c[nH]c(=O)cc2C(F)(F)F)C[C@H](C)N1C.C[C@@H]1CN(c2ccc(-c3ccc(C(=O)O)cc3F)cc2NC(=O)c2c[nH]c(=O)cc2C(F)(F)F)C[C@H](C)N1C.NCCCCCCc1cccc2c1C(=O)N(C1CCC(=O)NC1=O)C2=O. The largest absolute Gasteiger partial charge is 0.478 e. The monoisotopic (exact) mass is 1790 g/mol. The van der Waals surface area contributed by atoms with Crippen molar-refractivity contribution in [3.05, 3.63) is 233 Å². The number of Topliss-reactive ketones (excluding diaryl/α,β-unsaturated/α-hetero) is 1. The minimum Gasteiger partial charge on any atom is -0.478 e. The Morgan fingerprint density at radius 3 is 1.24 bits per heavy atom. The summed E-state index contributed by atoms with van der Waals surface area (Å²) in [7, 11) is 3.97. The van der Waals surface area contributed by atoms with E-state index >= 15 is 4.39 Å². The minimum atomic E-state index is -4.98. The molecule has 0 aliphatic carbocycles. The molecular weight excluding hydrogens is 1690 g/mol. The van der Waals surface area contributed by atoms with Crippen LogP contribution in [0.15, 0.2) is 143 Å². The van der Waals surface area contributed by atoms with Gasteiger partial charge in [0.1, 0.15) is 23.7 Å². The summed E-state index contributed by atoms with van der Waals surface area (Å²) in [6.45, 7) is 10.9. The number of aromatic nitrogens is 2. The topological polar surface area (TPSA) is 384 Å². The third-order valence-corrected chi connectivity index (χ3v) is 24.3. The first-order valence-corrected chi connectivity index (χ1v) is 42.4. The predicted molar refractivity (Wildman–Crippen MR) is 462 cm³/mol. The molecule has 2 aromatic heterocycles. The van der Waals surface area contributed by atoms with Crippen LogP contribution >= 0.6 is 0 Å². The number of pyridine rings is 2. The molecule has 2 unspecified atom stereocenters. The number of amides is 10. The van der Waals surface area contributed by atoms with Gasteiger partial charge >= 0.3 is 18.3 Å². The summed E-state index contributed by atoms with van der Waals surface area (Å²) in [4.78, 5) is 189. The molecule has 680 valence electrons. The number of unbranched alkanes of at least 4 members (excludes halogenated alkanes) is 7. The number of H-pyrrole nitrogens is 2. The maximum absolute atomic E-state index is 15.8. The van der Waals surface area contributed by atoms with Crippen LogP contribution in [0.4, 0.5) is 57.9 Å². The molecule has 4 saturated heterocycles. The summed E-state index contributed by atoms with van der Waals surface area (Å²) >= 11 is 0. The number of carbonyl (C=O) groups is 12. The first-order chi connectivity index (χ1) is 61.2. The highest BCUT2D eigenvalue weighted by Crippen LogP contribution is 2.41. The molecule has 6 atom stereocenters. The van der Waals surface area contributed by atoms with E-state index < -0.39 is 129 Å². The summed E-state index contributed by atoms with van der Waals surface area (Å²) < 4.78 is 113. The molecule has 6 aliphatic rings. The number of ketones is 1. The lowest BCUT2D eigenvalue weighted by atomic mass is 9.96. The zero-order valence-corrected chi connectivity index (χ0v) is 71.5. The van der Waals surface area contributed by atoms with Gasteiger partial charge in [-0.05, 0) is 177 Å². The Morgan fingerprint density at radius 2 is 0.853 bits per heavy atom. The lowest BCUT2D eigenvalue weighted by Crippen LogP contribution is -2.55. The van der Waals surface area contributed by atoms with Crippen molar-refractivity contribution in [3.8, 4) is 22.3 Å². The van der Waals surface area contributed by atoms with Gasteiger partial charge in [-0.1, -0.05) is 86.7 Å². The molecule has 0 saturated carbocycles. The molecular formula is C93H97F8N13O15. The number of hydrogen-bond acceptors (Lipinski definition) is 19. The number of carboxylic acids is 1. The third-order valence-electron chi connectivity index (χ3n) is 24.3. The van der Waals surface area contributed by atoms with Crippen LogP contribution in [0.3, 0.4) is 0 Å². The van der Waals surface area contributed by atoms with E-state index in [0.717, 1.165) is 72.4 Å². The van der Waals surface area contributed by atoms with Crippen molar-refractivity contribution in [2.24, 2.45) is 5.73 Å². The Labute approximate surface area is 735 Å². The van der Waals surface area contributed by atoms with Crippen LogP contribution in [0.5, 0.6) is 0 Å². The van der Waals surface area contributed by atoms with Crippen molar-refractivity contribution >= 4 is 93.6 Å². The van der Waals surface area contributed by atoms with Crippen molar-refractivity contribution < 1.29 is 97.8 Å². The molecule has 14 rings (SSSR count). The molecule has 8 heterocycles. The van der Waals surface area contributed by atoms with Crippen LogP contribution in [-0.4, -0.2) is 189 Å². The van der Waals surface area contributed by atoms with Gasteiger partial charge in [0.15, 0.2) is 5.78 Å². The number of carboxylic acid groups (broad SMARTS) is 1. The fourth-order valence-corrected chi connectivity index (χ4v) is 17.0. The number of piperazine rings is 2. The van der Waals surface area contributed by atoms with E-state index in [4.69, 9.17) is 10.8 Å². The van der Waals surface area contributed by atoms with Crippen molar-refractivity contribution in [1.82, 2.24) is 40.2 Å². The molecule has 4 fully saturated rings. The van der Waals surface area contributed by atoms with Gasteiger partial charge in [-0.2, -0.15) is 26.3 Å². The number of benzene rings is 6. The number of likely N-dealkylation sites (N-methyl/N-ethyl adjacent to an activating group) is 2. The van der Waals surface area contributed by atoms with Gasteiger partial charge in [-0.25, -0.2) is 13.6 Å². The Morgan fingerprint density at radius 1 is 0.465 bits per heavy atom. The smallest absolute Gasteiger partial charge is 0.417 e. The zero-order valence-electron chi connectivity index (χ0n) is 71.5. The number of imide groups is 4. The number of alkyl halides is 6. The van der Waals surface area contributed by atoms with Crippen LogP contribution in [0.1, 0.15) is 223 Å². The van der Waals surface area contributed by atoms with Gasteiger partial charge in [0, 0.05) is 111 Å². The number of fused-ring (bicyclic) bond motifs is 2. The number of carbonyl (C=O) groups excluding carboxylic acids is 11. The van der Waals surface area contributed by atoms with Crippen LogP contribution in [0.25, 0.3) is 22.3 Å². The number of nitrogens with one attached hydrogen (secondary N) is 6. The van der Waals surface area contributed by atoms with E-state index in [0.29, 0.717) is 117 Å². The van der Waals surface area contributed by atoms with Crippen molar-refractivity contribution in [1.29, 1.82) is 0 Å². The van der Waals surface area contributed by atoms with E-state index in [1.165, 1.54) is 36.4 Å². The molecule has 6 aromatic carbocycles. The quantitative estimate of drug-likeness (QED) is 0.0108. The predicted octanol–water partition coefficient (Wildman–Crippen LogP) is 13.0. The minimum absolute atomic E-state index is 0.0357. The number of piperidine rings is 2. The summed E-state index contributed by atoms with van der Waals surface area (Å²) in [6, 6.07) is 26.4. The van der Waals surface area contributed by atoms with E-state index in [2.05, 4.69) is 41.0 Å². The number of aromatic carboxylic acids is 1. The highest BCUT2D eigenvalue weighted by atomic mass is 19.4. The molecule has 9 N–H and O–H groups in total. The maximum Gasteiger partial charge on any atom is 0.417 e. The summed E-state index contributed by atoms with van der Waals surface area (Å²) in [5.74, 6) is -9.36. The van der Waals surface area contributed by atoms with E-state index in [-0.39, 0.29) is 118 Å². The van der Waals surface area contributed by atoms with Gasteiger partial charge in [-0.3, -0.25) is 92.6 Å². The molecule has 10 amide bonds. The second kappa shape index (κ2) is 40.4. The number of nitrogens with zero attached hydrogens (tertiary/aromatic N) is 6. The highest BCUT2D eigenvalue weighted by molar-refractivity contribution is 6.25. The maximum atomic E-state index is 15.8. The first kappa shape index (κ1) is 94.9. The third kappa shape index (κ3) is 21.6. The zero-order chi connectivity index (χ0) is 93.4. The number of rotatable bonds is 26. The second-order valence-electron chi connectivity index (χ2n) is 33.1. The fourth-order valence-electron chi connectivity index (χ4n) is 17.0. The van der Waals surface area contributed by atoms with Gasteiger partial charge < -0.3 is 41.2 Å². The molecule has 6 aliphatic heterocycles. The molecule has 8 aromatic rings. The Kier molecular flexibility index (Phi) is 29.7. The summed E-state index contributed by atoms with van der Waals surface area (Å²) in [5.41, 5.74) is 3.87. The Hall–Kier alpha value is -13.2. The van der Waals surface area contributed by atoms with Crippen molar-refractivity contribution in [2.75, 3.05) is 67.3 Å². The number of halogens is 8. The van der Waals surface area contributed by atoms with Gasteiger partial charge in [0.25, 0.3) is 35.4 Å². The lowest BCUT2D eigenvalue weighted by Gasteiger charge is -2.44. The molecule has 28 nitrogen and oxygen atoms in total. The number of aromatic amines is 2. The van der Waals surface area contributed by atoms with E-state index in [9.17, 15) is 97.9 Å². The highest BCUT2D eigenvalue weighted by Gasteiger charge is 2.48. The summed E-state index contributed by atoms with van der Waals surface area (Å²) in [5, 5.41) is 18.7. The van der Waals surface area contributed by atoms with Crippen molar-refractivity contribution in [3.63, 3.8) is 0 Å². The number of nitrogens with two attached hydrogens (primary N) is 1. The average Bonchev–Trinajstić information content (AvgIpc) is 1.63. The Bertz CT molecular complexity index is 5850. The lowest BCUT2D eigenvalue weighted by molar-refractivity contribution is -0.138. The van der Waals surface area contributed by atoms with Gasteiger partial charge in [0.2, 0.25) is 34.7 Å². The molecule has 36 heteroatoms. The molecule has 0 spiro atoms. The Balaban J connectivity index is 0.000000196. The van der Waals surface area contributed by atoms with Gasteiger partial charge in [0.05, 0.1) is 72.8 Å². The molecule has 0 radical (unpaired) electrons. The summed E-state index contributed by atoms with van der Waals surface area (Å²) in [6.07, 6.45) is 0.775. The first-order valence-electron chi connectivity index (χ1n) is 42.4. The standard InChI is InChI=1S/C47H48F4N6O7.C27H26F4N4O4.C19H23N3O4/c1-26-24-56(25-27(2)55(26)3)37-17-15-29(21-36(37)53-43(61)33-23-52-41(60)22-34(33)47(49,50)51)31-16-14-30(20-35(31)48)39(58)13-8-6-4-5-7-10-28-11-9-12-32-42(28)46(64)57(45(32)63)38-18-19-40(59)54-44(38)62;1-14-12-35(13-15(2)34(14)3)23-7-5-16(18-6-4-17(26(38)39)8-21(18)28)9-22(23)33-25(37)19-11-32-24(36)10-20(19)27(29,30)31;20-11-4-2-1-3-6-12-7-5-8-13-16(12)19(26)22(18(13)25)14-9-10-15(23)21-17(14)24/h9,11-12,14-17,20-23,26-27,38H,4-8,10,13,18-19,24-25H2,1-3H3,(H,52,60)(H,53,61)(H,54,59,62);4-11,14-15H,12-13H2,1-3H3,(H,32,36)(H,33,37)(H,38,39);5,7-8,14H,1-4,6,9-11,20H2,(H,21,23,24)/t26-,27+,38?;14-,15+;. The number of anilines is 4. The van der Waals surface area contributed by atoms with Crippen LogP contribution < -0.4 is 47.9 Å².